The Labute approximate surface area is 84.2 Å². The van der Waals surface area contributed by atoms with Crippen molar-refractivity contribution in [2.75, 3.05) is 6.61 Å². The molecule has 0 fully saturated rings. The molecule has 0 aliphatic heterocycles. The van der Waals surface area contributed by atoms with E-state index in [2.05, 4.69) is 6.58 Å². The molecule has 0 saturated heterocycles. The van der Waals surface area contributed by atoms with E-state index in [1.54, 1.807) is 6.07 Å². The maximum absolute atomic E-state index is 10.5. The van der Waals surface area contributed by atoms with E-state index in [4.69, 9.17) is 4.74 Å². The van der Waals surface area contributed by atoms with Gasteiger partial charge in [-0.05, 0) is 25.5 Å². The molecule has 0 aromatic heterocycles. The molecule has 14 heavy (non-hydrogen) atoms. The van der Waals surface area contributed by atoms with Crippen molar-refractivity contribution < 1.29 is 9.53 Å². The van der Waals surface area contributed by atoms with Crippen LogP contribution < -0.4 is 0 Å². The lowest BCUT2D eigenvalue weighted by atomic mass is 10.0. The van der Waals surface area contributed by atoms with Crippen LogP contribution in [0.3, 0.4) is 0 Å². The van der Waals surface area contributed by atoms with Gasteiger partial charge in [-0.2, -0.15) is 0 Å². The van der Waals surface area contributed by atoms with E-state index in [1.807, 2.05) is 26.0 Å². The fraction of sp³-hybridized carbons (Fsp3) is 0.250. The lowest BCUT2D eigenvalue weighted by molar-refractivity contribution is 0.112. The van der Waals surface area contributed by atoms with Gasteiger partial charge in [0.1, 0.15) is 12.0 Å². The highest BCUT2D eigenvalue weighted by molar-refractivity contribution is 5.76. The second-order valence-electron chi connectivity index (χ2n) is 3.05. The minimum Gasteiger partial charge on any atom is -0.494 e. The molecule has 0 aliphatic carbocycles. The van der Waals surface area contributed by atoms with Crippen molar-refractivity contribution in [1.82, 2.24) is 0 Å². The number of aldehydes is 1. The third-order valence-corrected chi connectivity index (χ3v) is 2.01. The van der Waals surface area contributed by atoms with Gasteiger partial charge in [0.15, 0.2) is 0 Å². The van der Waals surface area contributed by atoms with Gasteiger partial charge >= 0.3 is 0 Å². The average Bonchev–Trinajstić information content (AvgIpc) is 2.17. The lowest BCUT2D eigenvalue weighted by Crippen LogP contribution is -1.94. The molecule has 1 aromatic rings. The van der Waals surface area contributed by atoms with Crippen LogP contribution in [0.4, 0.5) is 0 Å². The normalized spacial score (nSPS) is 9.57. The molecule has 0 radical (unpaired) electrons. The molecule has 0 spiro atoms. The molecule has 0 saturated carbocycles. The Bertz CT molecular complexity index is 353. The maximum atomic E-state index is 10.5. The topological polar surface area (TPSA) is 26.3 Å². The van der Waals surface area contributed by atoms with Crippen molar-refractivity contribution in [2.45, 2.75) is 13.8 Å². The maximum Gasteiger partial charge on any atom is 0.150 e. The van der Waals surface area contributed by atoms with E-state index in [0.717, 1.165) is 17.4 Å². The monoisotopic (exact) mass is 190 g/mol. The summed E-state index contributed by atoms with van der Waals surface area (Å²) in [6, 6.07) is 5.45. The van der Waals surface area contributed by atoms with Gasteiger partial charge in [-0.1, -0.05) is 18.7 Å². The molecular formula is C12H14O2. The highest BCUT2D eigenvalue weighted by atomic mass is 16.5. The molecule has 0 unspecified atom stereocenters. The van der Waals surface area contributed by atoms with Crippen molar-refractivity contribution in [1.29, 1.82) is 0 Å². The predicted molar refractivity (Wildman–Crippen MR) is 57.2 cm³/mol. The summed E-state index contributed by atoms with van der Waals surface area (Å²) >= 11 is 0. The van der Waals surface area contributed by atoms with Gasteiger partial charge in [0, 0.05) is 11.1 Å². The fourth-order valence-corrected chi connectivity index (χ4v) is 1.33. The van der Waals surface area contributed by atoms with Crippen LogP contribution in [0.1, 0.15) is 28.4 Å². The van der Waals surface area contributed by atoms with Crippen LogP contribution in [0.25, 0.3) is 5.76 Å². The van der Waals surface area contributed by atoms with Crippen molar-refractivity contribution in [2.24, 2.45) is 0 Å². The van der Waals surface area contributed by atoms with Crippen molar-refractivity contribution >= 4 is 12.0 Å². The second kappa shape index (κ2) is 4.61. The summed E-state index contributed by atoms with van der Waals surface area (Å²) in [7, 11) is 0. The van der Waals surface area contributed by atoms with Gasteiger partial charge in [0.25, 0.3) is 0 Å². The average molecular weight is 190 g/mol. The van der Waals surface area contributed by atoms with E-state index in [9.17, 15) is 4.79 Å². The Morgan fingerprint density at radius 1 is 1.57 bits per heavy atom. The van der Waals surface area contributed by atoms with Crippen LogP contribution in [0, 0.1) is 6.92 Å². The number of carbonyl (C=O) groups is 1. The van der Waals surface area contributed by atoms with E-state index < -0.39 is 0 Å². The van der Waals surface area contributed by atoms with Gasteiger partial charge in [0.2, 0.25) is 0 Å². The highest BCUT2D eigenvalue weighted by Crippen LogP contribution is 2.18. The molecule has 2 heteroatoms. The summed E-state index contributed by atoms with van der Waals surface area (Å²) in [6.07, 6.45) is 0.834. The Morgan fingerprint density at radius 2 is 2.29 bits per heavy atom. The molecule has 0 N–H and O–H groups in total. The van der Waals surface area contributed by atoms with E-state index in [0.29, 0.717) is 17.9 Å². The fourth-order valence-electron chi connectivity index (χ4n) is 1.33. The predicted octanol–water partition coefficient (Wildman–Crippen LogP) is 2.81. The number of hydrogen-bond acceptors (Lipinski definition) is 2. The zero-order chi connectivity index (χ0) is 10.6. The van der Waals surface area contributed by atoms with Gasteiger partial charge in [-0.3, -0.25) is 4.79 Å². The number of aryl methyl sites for hydroxylation is 1. The number of benzene rings is 1. The molecule has 2 nitrogen and oxygen atoms in total. The van der Waals surface area contributed by atoms with Crippen molar-refractivity contribution in [3.05, 3.63) is 41.5 Å². The third-order valence-electron chi connectivity index (χ3n) is 2.01. The summed E-state index contributed by atoms with van der Waals surface area (Å²) in [6.45, 7) is 8.28. The lowest BCUT2D eigenvalue weighted by Gasteiger charge is -2.09. The zero-order valence-corrected chi connectivity index (χ0v) is 8.54. The van der Waals surface area contributed by atoms with Crippen molar-refractivity contribution in [3.8, 4) is 0 Å². The second-order valence-corrected chi connectivity index (χ2v) is 3.05. The summed E-state index contributed by atoms with van der Waals surface area (Å²) in [4.78, 5) is 10.5. The quantitative estimate of drug-likeness (QED) is 0.539. The SMILES string of the molecule is C=C(OCC)c1ccc(C=O)cc1C. The molecule has 1 aromatic carbocycles. The van der Waals surface area contributed by atoms with E-state index in [1.165, 1.54) is 0 Å². The van der Waals surface area contributed by atoms with Crippen LogP contribution in [-0.4, -0.2) is 12.9 Å². The minimum absolute atomic E-state index is 0.605. The smallest absolute Gasteiger partial charge is 0.150 e. The van der Waals surface area contributed by atoms with Gasteiger partial charge in [-0.25, -0.2) is 0 Å². The van der Waals surface area contributed by atoms with Crippen LogP contribution in [0.15, 0.2) is 24.8 Å². The van der Waals surface area contributed by atoms with Gasteiger partial charge in [0.05, 0.1) is 6.61 Å². The summed E-state index contributed by atoms with van der Waals surface area (Å²) in [5.41, 5.74) is 2.64. The third kappa shape index (κ3) is 2.22. The van der Waals surface area contributed by atoms with E-state index in [-0.39, 0.29) is 0 Å². The Kier molecular flexibility index (Phi) is 3.46. The van der Waals surface area contributed by atoms with Crippen molar-refractivity contribution in [3.63, 3.8) is 0 Å². The molecular weight excluding hydrogens is 176 g/mol. The molecule has 0 aliphatic rings. The van der Waals surface area contributed by atoms with E-state index >= 15 is 0 Å². The Morgan fingerprint density at radius 3 is 2.79 bits per heavy atom. The Hall–Kier alpha value is -1.57. The van der Waals surface area contributed by atoms with Crippen LogP contribution in [0.2, 0.25) is 0 Å². The summed E-state index contributed by atoms with van der Waals surface area (Å²) in [5, 5.41) is 0. The summed E-state index contributed by atoms with van der Waals surface area (Å²) in [5.74, 6) is 0.655. The standard InChI is InChI=1S/C12H14O2/c1-4-14-10(3)12-6-5-11(8-13)7-9(12)2/h5-8H,3-4H2,1-2H3. The van der Waals surface area contributed by atoms with Crippen LogP contribution in [0.5, 0.6) is 0 Å². The largest absolute Gasteiger partial charge is 0.494 e. The number of ether oxygens (including phenoxy) is 1. The first-order chi connectivity index (χ1) is 6.69. The first-order valence-corrected chi connectivity index (χ1v) is 4.57. The number of rotatable bonds is 4. The molecule has 0 heterocycles. The first-order valence-electron chi connectivity index (χ1n) is 4.57. The Balaban J connectivity index is 2.99. The molecule has 1 rings (SSSR count). The molecule has 74 valence electrons. The first kappa shape index (κ1) is 10.5. The number of hydrogen-bond donors (Lipinski definition) is 0. The molecule has 0 amide bonds. The number of carbonyl (C=O) groups excluding carboxylic acids is 1. The van der Waals surface area contributed by atoms with Gasteiger partial charge in [-0.15, -0.1) is 0 Å². The molecule has 0 atom stereocenters. The van der Waals surface area contributed by atoms with Crippen LogP contribution in [-0.2, 0) is 4.74 Å². The van der Waals surface area contributed by atoms with Crippen LogP contribution >= 0.6 is 0 Å². The highest BCUT2D eigenvalue weighted by Gasteiger charge is 2.03. The zero-order valence-electron chi connectivity index (χ0n) is 8.54. The minimum atomic E-state index is 0.605. The summed E-state index contributed by atoms with van der Waals surface area (Å²) < 4.78 is 5.30. The van der Waals surface area contributed by atoms with Gasteiger partial charge < -0.3 is 4.74 Å². The molecule has 0 bridgehead atoms.